The van der Waals surface area contributed by atoms with Crippen LogP contribution in [0.5, 0.6) is 5.75 Å². The van der Waals surface area contributed by atoms with Gasteiger partial charge in [-0.3, -0.25) is 13.9 Å². The predicted molar refractivity (Wildman–Crippen MR) is 137 cm³/mol. The molecule has 16 nitrogen and oxygen atoms in total. The van der Waals surface area contributed by atoms with Gasteiger partial charge in [-0.1, -0.05) is 23.3 Å². The number of rotatable bonds is 11. The molecule has 6 atom stereocenters. The van der Waals surface area contributed by atoms with Crippen molar-refractivity contribution in [2.24, 2.45) is 5.11 Å². The second-order valence-electron chi connectivity index (χ2n) is 8.87. The number of carbonyl (C=O) groups is 1. The number of aliphatic hydroxyl groups excluding tert-OH is 1. The Labute approximate surface area is 222 Å². The molecule has 3 heterocycles. The van der Waals surface area contributed by atoms with Crippen molar-refractivity contribution in [3.8, 4) is 5.75 Å². The van der Waals surface area contributed by atoms with Crippen LogP contribution in [-0.4, -0.2) is 67.6 Å². The van der Waals surface area contributed by atoms with Crippen molar-refractivity contribution in [1.82, 2.24) is 24.6 Å². The van der Waals surface area contributed by atoms with E-state index >= 15 is 0 Å². The van der Waals surface area contributed by atoms with Gasteiger partial charge in [-0.15, -0.1) is 0 Å². The number of imidazole rings is 1. The van der Waals surface area contributed by atoms with E-state index in [4.69, 9.17) is 29.8 Å². The van der Waals surface area contributed by atoms with Crippen LogP contribution in [0.3, 0.4) is 0 Å². The van der Waals surface area contributed by atoms with E-state index in [1.54, 1.807) is 44.2 Å². The van der Waals surface area contributed by atoms with E-state index in [9.17, 15) is 14.5 Å². The summed E-state index contributed by atoms with van der Waals surface area (Å²) in [5.74, 6) is -0.329. The third-order valence-electron chi connectivity index (χ3n) is 5.62. The third kappa shape index (κ3) is 6.45. The zero-order valence-electron chi connectivity index (χ0n) is 21.3. The Balaban J connectivity index is 1.55. The minimum Gasteiger partial charge on any atom is -0.462 e. The van der Waals surface area contributed by atoms with Crippen LogP contribution < -0.4 is 15.3 Å². The molecule has 1 saturated heterocycles. The standard InChI is InChI=1S/C22H28N9O7P/c1-12(2)36-22(33)13(3)29-39(34,38-14-7-5-4-6-8-14)35-9-15-18(32)16(28-30-24)21(37-15)31-11-27-17-19(23)25-10-26-20(17)31/h4-8,10-13,15-16,18,21,32H,9H2,1-3H3,(H,29,34)(H2,23,25,26)/t13-,15-,16-,18-,21-,39-/m1/s1. The second kappa shape index (κ2) is 11.9. The van der Waals surface area contributed by atoms with Gasteiger partial charge in [0.1, 0.15) is 42.0 Å². The number of azide groups is 1. The van der Waals surface area contributed by atoms with Gasteiger partial charge in [0, 0.05) is 4.91 Å². The Morgan fingerprint density at radius 2 is 2.05 bits per heavy atom. The molecule has 0 spiro atoms. The van der Waals surface area contributed by atoms with Crippen LogP contribution in [0.15, 0.2) is 48.1 Å². The lowest BCUT2D eigenvalue weighted by molar-refractivity contribution is -0.149. The summed E-state index contributed by atoms with van der Waals surface area (Å²) >= 11 is 0. The topological polar surface area (TPSA) is 222 Å². The van der Waals surface area contributed by atoms with Crippen molar-refractivity contribution in [1.29, 1.82) is 0 Å². The molecule has 17 heteroatoms. The van der Waals surface area contributed by atoms with Crippen LogP contribution in [0.1, 0.15) is 27.0 Å². The fraction of sp³-hybridized carbons (Fsp3) is 0.455. The summed E-state index contributed by atoms with van der Waals surface area (Å²) in [5.41, 5.74) is 15.6. The lowest BCUT2D eigenvalue weighted by atomic mass is 10.1. The Morgan fingerprint density at radius 3 is 2.74 bits per heavy atom. The van der Waals surface area contributed by atoms with Gasteiger partial charge in [-0.2, -0.15) is 5.09 Å². The molecule has 39 heavy (non-hydrogen) atoms. The molecule has 1 aliphatic rings. The maximum absolute atomic E-state index is 13.7. The quantitative estimate of drug-likeness (QED) is 0.101. The van der Waals surface area contributed by atoms with Gasteiger partial charge >= 0.3 is 13.7 Å². The van der Waals surface area contributed by atoms with Gasteiger partial charge < -0.3 is 24.8 Å². The molecule has 0 unspecified atom stereocenters. The molecule has 1 aliphatic heterocycles. The Hall–Kier alpha value is -3.78. The number of esters is 1. The summed E-state index contributed by atoms with van der Waals surface area (Å²) in [7, 11) is -4.24. The lowest BCUT2D eigenvalue weighted by Crippen LogP contribution is -2.37. The molecule has 4 rings (SSSR count). The van der Waals surface area contributed by atoms with Crippen molar-refractivity contribution in [3.05, 3.63) is 53.4 Å². The SMILES string of the molecule is CC(C)OC(=O)[C@@H](C)N[P@@](=O)(OC[C@H]1O[C@@H](n2cnc3c(N)ncnc32)[C@H](N=[N+]=[N-])[C@@H]1O)Oc1ccccc1. The number of hydrogen-bond acceptors (Lipinski definition) is 12. The molecule has 0 saturated carbocycles. The molecule has 0 aliphatic carbocycles. The number of hydrogen-bond donors (Lipinski definition) is 3. The van der Waals surface area contributed by atoms with Gasteiger partial charge in [-0.25, -0.2) is 19.5 Å². The number of fused-ring (bicyclic) bond motifs is 1. The molecule has 208 valence electrons. The summed E-state index contributed by atoms with van der Waals surface area (Å²) in [6.45, 7) is 4.34. The number of para-hydroxylation sites is 1. The summed E-state index contributed by atoms with van der Waals surface area (Å²) in [6.07, 6.45) is -1.35. The van der Waals surface area contributed by atoms with E-state index in [1.165, 1.54) is 24.1 Å². The third-order valence-corrected chi connectivity index (χ3v) is 7.26. The van der Waals surface area contributed by atoms with E-state index in [0.29, 0.717) is 5.52 Å². The highest BCUT2D eigenvalue weighted by molar-refractivity contribution is 7.52. The van der Waals surface area contributed by atoms with Crippen LogP contribution in [-0.2, 0) is 23.4 Å². The lowest BCUT2D eigenvalue weighted by Gasteiger charge is -2.25. The second-order valence-corrected chi connectivity index (χ2v) is 10.6. The van der Waals surface area contributed by atoms with Crippen molar-refractivity contribution >= 4 is 30.7 Å². The number of aromatic nitrogens is 4. The molecule has 4 N–H and O–H groups in total. The smallest absolute Gasteiger partial charge is 0.459 e. The number of carbonyl (C=O) groups excluding carboxylic acids is 1. The van der Waals surface area contributed by atoms with Crippen molar-refractivity contribution in [3.63, 3.8) is 0 Å². The van der Waals surface area contributed by atoms with E-state index in [-0.39, 0.29) is 17.2 Å². The molecule has 3 aromatic rings. The first-order valence-corrected chi connectivity index (χ1v) is 13.4. The molecule has 2 aromatic heterocycles. The van der Waals surface area contributed by atoms with Crippen molar-refractivity contribution < 1.29 is 33.0 Å². The number of nitrogens with two attached hydrogens (primary N) is 1. The average molecular weight is 561 g/mol. The maximum atomic E-state index is 13.7. The number of nitrogens with one attached hydrogen (secondary N) is 1. The Bertz CT molecular complexity index is 1400. The van der Waals surface area contributed by atoms with Gasteiger partial charge in [-0.05, 0) is 38.4 Å². The largest absolute Gasteiger partial charge is 0.462 e. The number of benzene rings is 1. The molecule has 0 radical (unpaired) electrons. The monoisotopic (exact) mass is 561 g/mol. The summed E-state index contributed by atoms with van der Waals surface area (Å²) < 4.78 is 37.6. The summed E-state index contributed by atoms with van der Waals surface area (Å²) in [6, 6.07) is 6.00. The molecule has 1 fully saturated rings. The van der Waals surface area contributed by atoms with Gasteiger partial charge in [0.25, 0.3) is 0 Å². The van der Waals surface area contributed by atoms with E-state index in [1.807, 2.05) is 0 Å². The van der Waals surface area contributed by atoms with Crippen molar-refractivity contribution in [2.45, 2.75) is 57.4 Å². The van der Waals surface area contributed by atoms with E-state index in [0.717, 1.165) is 0 Å². The fourth-order valence-corrected chi connectivity index (χ4v) is 5.35. The number of nitrogen functional groups attached to an aromatic ring is 1. The normalized spacial score (nSPS) is 23.2. The zero-order valence-corrected chi connectivity index (χ0v) is 22.2. The minimum absolute atomic E-state index is 0.132. The fourth-order valence-electron chi connectivity index (χ4n) is 3.84. The van der Waals surface area contributed by atoms with Gasteiger partial charge in [0.2, 0.25) is 0 Å². The first-order chi connectivity index (χ1) is 18.6. The van der Waals surface area contributed by atoms with E-state index in [2.05, 4.69) is 30.1 Å². The summed E-state index contributed by atoms with van der Waals surface area (Å²) in [4.78, 5) is 27.4. The maximum Gasteiger partial charge on any atom is 0.459 e. The molecular formula is C22H28N9O7P. The van der Waals surface area contributed by atoms with Gasteiger partial charge in [0.05, 0.1) is 25.1 Å². The van der Waals surface area contributed by atoms with Gasteiger partial charge in [0.15, 0.2) is 11.5 Å². The molecule has 1 aromatic carbocycles. The Morgan fingerprint density at radius 1 is 1.31 bits per heavy atom. The highest BCUT2D eigenvalue weighted by atomic mass is 31.2. The average Bonchev–Trinajstić information content (AvgIpc) is 3.45. The number of ether oxygens (including phenoxy) is 2. The van der Waals surface area contributed by atoms with Crippen LogP contribution in [0.25, 0.3) is 21.6 Å². The zero-order chi connectivity index (χ0) is 28.2. The number of anilines is 1. The molecular weight excluding hydrogens is 533 g/mol. The first-order valence-electron chi connectivity index (χ1n) is 11.9. The number of aliphatic hydroxyl groups is 1. The Kier molecular flexibility index (Phi) is 8.65. The van der Waals surface area contributed by atoms with E-state index < -0.39 is 56.9 Å². The predicted octanol–water partition coefficient (Wildman–Crippen LogP) is 2.48. The first kappa shape index (κ1) is 28.2. The van der Waals surface area contributed by atoms with Crippen LogP contribution >= 0.6 is 7.75 Å². The minimum atomic E-state index is -4.24. The highest BCUT2D eigenvalue weighted by Crippen LogP contribution is 2.46. The van der Waals surface area contributed by atoms with Crippen LogP contribution in [0.2, 0.25) is 0 Å². The van der Waals surface area contributed by atoms with Crippen molar-refractivity contribution in [2.75, 3.05) is 12.3 Å². The molecule has 0 bridgehead atoms. The van der Waals surface area contributed by atoms with Crippen LogP contribution in [0, 0.1) is 0 Å². The molecule has 0 amide bonds. The van der Waals surface area contributed by atoms with Crippen LogP contribution in [0.4, 0.5) is 5.82 Å². The summed E-state index contributed by atoms with van der Waals surface area (Å²) in [5, 5.41) is 17.2. The highest BCUT2D eigenvalue weighted by Gasteiger charge is 2.46. The number of nitrogens with zero attached hydrogens (tertiary/aromatic N) is 7.